The molecule has 3 aromatic rings. The largest absolute Gasteiger partial charge is 0.476 e. The Balaban J connectivity index is 1.82. The standard InChI is InChI=1S/C20H17F2N3O2/c21-13-3-1-2-11(9-13)8-12-4-6-15-18(20(26)27)24-25(19(12)15)17-7-5-14(23)10-16(17)22/h1-3,5,7,9-10,12H,4,6,8,23H2,(H,26,27). The Bertz CT molecular complexity index is 1050. The minimum Gasteiger partial charge on any atom is -0.476 e. The van der Waals surface area contributed by atoms with Crippen LogP contribution in [0.4, 0.5) is 14.5 Å². The SMILES string of the molecule is Nc1ccc(-n2nc(C(=O)O)c3c2C(Cc2cccc(F)c2)CC3)c(F)c1. The summed E-state index contributed by atoms with van der Waals surface area (Å²) in [7, 11) is 0. The van der Waals surface area contributed by atoms with Crippen molar-refractivity contribution in [3.8, 4) is 5.69 Å². The molecule has 1 aromatic heterocycles. The number of fused-ring (bicyclic) bond motifs is 1. The summed E-state index contributed by atoms with van der Waals surface area (Å²) in [5.41, 5.74) is 8.05. The van der Waals surface area contributed by atoms with E-state index in [0.717, 1.165) is 5.56 Å². The summed E-state index contributed by atoms with van der Waals surface area (Å²) < 4.78 is 29.4. The highest BCUT2D eigenvalue weighted by Crippen LogP contribution is 2.39. The van der Waals surface area contributed by atoms with Gasteiger partial charge in [-0.2, -0.15) is 5.10 Å². The van der Waals surface area contributed by atoms with Gasteiger partial charge >= 0.3 is 5.97 Å². The van der Waals surface area contributed by atoms with Crippen LogP contribution in [-0.4, -0.2) is 20.9 Å². The number of nitrogens with two attached hydrogens (primary N) is 1. The smallest absolute Gasteiger partial charge is 0.356 e. The van der Waals surface area contributed by atoms with Crippen LogP contribution in [0.2, 0.25) is 0 Å². The van der Waals surface area contributed by atoms with Gasteiger partial charge in [0.2, 0.25) is 0 Å². The maximum absolute atomic E-state index is 14.5. The van der Waals surface area contributed by atoms with Crippen LogP contribution >= 0.6 is 0 Å². The molecule has 7 heteroatoms. The molecule has 1 aliphatic rings. The van der Waals surface area contributed by atoms with Crippen molar-refractivity contribution in [2.45, 2.75) is 25.2 Å². The minimum atomic E-state index is -1.15. The predicted molar refractivity (Wildman–Crippen MR) is 96.1 cm³/mol. The fraction of sp³-hybridized carbons (Fsp3) is 0.200. The fourth-order valence-corrected chi connectivity index (χ4v) is 3.78. The number of aromatic nitrogens is 2. The zero-order chi connectivity index (χ0) is 19.1. The average Bonchev–Trinajstić information content (AvgIpc) is 3.16. The predicted octanol–water partition coefficient (Wildman–Crippen LogP) is 3.70. The molecule has 0 aliphatic heterocycles. The molecule has 0 bridgehead atoms. The first-order valence-electron chi connectivity index (χ1n) is 8.59. The van der Waals surface area contributed by atoms with Crippen LogP contribution in [0.5, 0.6) is 0 Å². The second-order valence-electron chi connectivity index (χ2n) is 6.71. The van der Waals surface area contributed by atoms with Crippen LogP contribution in [-0.2, 0) is 12.8 Å². The highest BCUT2D eigenvalue weighted by molar-refractivity contribution is 5.88. The number of halogens is 2. The molecule has 138 valence electrons. The van der Waals surface area contributed by atoms with Gasteiger partial charge in [0.1, 0.15) is 11.5 Å². The van der Waals surface area contributed by atoms with Gasteiger partial charge in [-0.15, -0.1) is 0 Å². The second kappa shape index (κ2) is 6.50. The Morgan fingerprint density at radius 3 is 2.78 bits per heavy atom. The van der Waals surface area contributed by atoms with Gasteiger partial charge in [-0.3, -0.25) is 0 Å². The van der Waals surface area contributed by atoms with E-state index >= 15 is 0 Å². The van der Waals surface area contributed by atoms with E-state index in [1.807, 2.05) is 6.07 Å². The summed E-state index contributed by atoms with van der Waals surface area (Å²) >= 11 is 0. The number of aromatic carboxylic acids is 1. The molecule has 0 amide bonds. The van der Waals surface area contributed by atoms with Crippen LogP contribution in [0.25, 0.3) is 5.69 Å². The van der Waals surface area contributed by atoms with Gasteiger partial charge in [-0.25, -0.2) is 18.3 Å². The van der Waals surface area contributed by atoms with Crippen molar-refractivity contribution in [2.24, 2.45) is 0 Å². The van der Waals surface area contributed by atoms with E-state index in [0.29, 0.717) is 30.5 Å². The lowest BCUT2D eigenvalue weighted by atomic mass is 9.97. The van der Waals surface area contributed by atoms with Crippen LogP contribution in [0, 0.1) is 11.6 Å². The molecule has 27 heavy (non-hydrogen) atoms. The van der Waals surface area contributed by atoms with Crippen molar-refractivity contribution >= 4 is 11.7 Å². The molecule has 1 heterocycles. The van der Waals surface area contributed by atoms with Crippen molar-refractivity contribution in [3.63, 3.8) is 0 Å². The fourth-order valence-electron chi connectivity index (χ4n) is 3.78. The molecule has 0 saturated carbocycles. The number of hydrogen-bond donors (Lipinski definition) is 2. The lowest BCUT2D eigenvalue weighted by Gasteiger charge is -2.15. The Morgan fingerprint density at radius 2 is 2.07 bits per heavy atom. The van der Waals surface area contributed by atoms with Crippen LogP contribution in [0.3, 0.4) is 0 Å². The first-order valence-corrected chi connectivity index (χ1v) is 8.59. The van der Waals surface area contributed by atoms with E-state index in [1.54, 1.807) is 12.1 Å². The number of hydrogen-bond acceptors (Lipinski definition) is 3. The average molecular weight is 369 g/mol. The zero-order valence-electron chi connectivity index (χ0n) is 14.3. The number of nitrogen functional groups attached to an aromatic ring is 1. The van der Waals surface area contributed by atoms with Gasteiger partial charge in [0.15, 0.2) is 11.5 Å². The van der Waals surface area contributed by atoms with Crippen molar-refractivity contribution in [1.29, 1.82) is 0 Å². The summed E-state index contributed by atoms with van der Waals surface area (Å²) in [6.45, 7) is 0. The van der Waals surface area contributed by atoms with Crippen LogP contribution in [0.1, 0.15) is 39.6 Å². The zero-order valence-corrected chi connectivity index (χ0v) is 14.3. The number of carboxylic acids is 1. The third kappa shape index (κ3) is 3.05. The molecule has 1 aliphatic carbocycles. The van der Waals surface area contributed by atoms with Gasteiger partial charge in [-0.05, 0) is 55.2 Å². The Kier molecular flexibility index (Phi) is 4.14. The van der Waals surface area contributed by atoms with E-state index in [9.17, 15) is 18.7 Å². The number of carbonyl (C=O) groups is 1. The van der Waals surface area contributed by atoms with Gasteiger partial charge in [-0.1, -0.05) is 12.1 Å². The maximum Gasteiger partial charge on any atom is 0.356 e. The maximum atomic E-state index is 14.5. The van der Waals surface area contributed by atoms with E-state index in [2.05, 4.69) is 5.10 Å². The molecule has 2 aromatic carbocycles. The number of nitrogens with zero attached hydrogens (tertiary/aromatic N) is 2. The molecule has 0 spiro atoms. The van der Waals surface area contributed by atoms with Crippen molar-refractivity contribution < 1.29 is 18.7 Å². The van der Waals surface area contributed by atoms with Crippen molar-refractivity contribution in [3.05, 3.63) is 76.6 Å². The van der Waals surface area contributed by atoms with Crippen LogP contribution in [0.15, 0.2) is 42.5 Å². The molecule has 1 unspecified atom stereocenters. The van der Waals surface area contributed by atoms with E-state index in [-0.39, 0.29) is 28.8 Å². The molecule has 3 N–H and O–H groups in total. The highest BCUT2D eigenvalue weighted by atomic mass is 19.1. The first kappa shape index (κ1) is 17.2. The molecular formula is C20H17F2N3O2. The number of benzene rings is 2. The topological polar surface area (TPSA) is 81.1 Å². The Morgan fingerprint density at radius 1 is 1.26 bits per heavy atom. The lowest BCUT2D eigenvalue weighted by molar-refractivity contribution is 0.0688. The summed E-state index contributed by atoms with van der Waals surface area (Å²) in [5.74, 6) is -2.13. The van der Waals surface area contributed by atoms with Gasteiger partial charge < -0.3 is 10.8 Å². The summed E-state index contributed by atoms with van der Waals surface area (Å²) in [5, 5.41) is 13.7. The quantitative estimate of drug-likeness (QED) is 0.687. The first-order chi connectivity index (χ1) is 12.9. The summed E-state index contributed by atoms with van der Waals surface area (Å²) in [6.07, 6.45) is 1.75. The lowest BCUT2D eigenvalue weighted by Crippen LogP contribution is -2.10. The van der Waals surface area contributed by atoms with Crippen molar-refractivity contribution in [1.82, 2.24) is 9.78 Å². The third-order valence-corrected chi connectivity index (χ3v) is 4.93. The van der Waals surface area contributed by atoms with Crippen molar-refractivity contribution in [2.75, 3.05) is 5.73 Å². The number of anilines is 1. The Labute approximate surface area is 154 Å². The molecular weight excluding hydrogens is 352 g/mol. The number of rotatable bonds is 4. The Hall–Kier alpha value is -3.22. The molecule has 4 rings (SSSR count). The molecule has 0 radical (unpaired) electrons. The van der Waals surface area contributed by atoms with E-state index in [1.165, 1.54) is 28.9 Å². The van der Waals surface area contributed by atoms with E-state index in [4.69, 9.17) is 5.73 Å². The normalized spacial score (nSPS) is 15.7. The number of carboxylic acid groups (broad SMARTS) is 1. The molecule has 0 saturated heterocycles. The minimum absolute atomic E-state index is 0.0667. The highest BCUT2D eigenvalue weighted by Gasteiger charge is 2.34. The second-order valence-corrected chi connectivity index (χ2v) is 6.71. The third-order valence-electron chi connectivity index (χ3n) is 4.93. The van der Waals surface area contributed by atoms with Gasteiger partial charge in [0, 0.05) is 17.2 Å². The monoisotopic (exact) mass is 369 g/mol. The van der Waals surface area contributed by atoms with Crippen LogP contribution < -0.4 is 5.73 Å². The molecule has 1 atom stereocenters. The molecule has 0 fully saturated rings. The van der Waals surface area contributed by atoms with Gasteiger partial charge in [0.25, 0.3) is 0 Å². The summed E-state index contributed by atoms with van der Waals surface area (Å²) in [6, 6.07) is 10.5. The molecule has 5 nitrogen and oxygen atoms in total. The van der Waals surface area contributed by atoms with Gasteiger partial charge in [0.05, 0.1) is 5.69 Å². The van der Waals surface area contributed by atoms with E-state index < -0.39 is 11.8 Å². The summed E-state index contributed by atoms with van der Waals surface area (Å²) in [4.78, 5) is 11.6.